The van der Waals surface area contributed by atoms with Crippen LogP contribution in [0.1, 0.15) is 21.6 Å². The second-order valence-electron chi connectivity index (χ2n) is 8.53. The number of halogens is 2. The molecule has 0 spiro atoms. The van der Waals surface area contributed by atoms with E-state index in [0.717, 1.165) is 10.7 Å². The van der Waals surface area contributed by atoms with Crippen LogP contribution in [0, 0.1) is 25.5 Å². The second kappa shape index (κ2) is 10.3. The zero-order valence-corrected chi connectivity index (χ0v) is 21.0. The SMILES string of the molecule is COc1cnc2c(Oc3ccc(NC(=O)c4c(C)c(C)nn(-c5ccc(F)cc5)c4=O)cc3F)ccnc2c1. The Morgan fingerprint density at radius 2 is 1.74 bits per heavy atom. The summed E-state index contributed by atoms with van der Waals surface area (Å²) in [5.74, 6) is -1.28. The lowest BCUT2D eigenvalue weighted by atomic mass is 10.1. The number of fused-ring (bicyclic) bond motifs is 1. The molecule has 1 amide bonds. The Kier molecular flexibility index (Phi) is 6.72. The minimum atomic E-state index is -0.752. The predicted molar refractivity (Wildman–Crippen MR) is 140 cm³/mol. The van der Waals surface area contributed by atoms with Gasteiger partial charge >= 0.3 is 0 Å². The molecule has 3 aromatic heterocycles. The fourth-order valence-electron chi connectivity index (χ4n) is 3.90. The highest BCUT2D eigenvalue weighted by Crippen LogP contribution is 2.31. The van der Waals surface area contributed by atoms with E-state index in [2.05, 4.69) is 20.4 Å². The lowest BCUT2D eigenvalue weighted by Gasteiger charge is -2.13. The van der Waals surface area contributed by atoms with Gasteiger partial charge in [0.2, 0.25) is 0 Å². The Labute approximate surface area is 220 Å². The van der Waals surface area contributed by atoms with Crippen LogP contribution in [0.4, 0.5) is 14.5 Å². The quantitative estimate of drug-likeness (QED) is 0.325. The Morgan fingerprint density at radius 1 is 0.974 bits per heavy atom. The predicted octanol–water partition coefficient (Wildman–Crippen LogP) is 5.12. The number of benzene rings is 2. The molecule has 9 nitrogen and oxygen atoms in total. The summed E-state index contributed by atoms with van der Waals surface area (Å²) in [6.45, 7) is 3.24. The zero-order valence-electron chi connectivity index (χ0n) is 21.0. The number of pyridine rings is 2. The van der Waals surface area contributed by atoms with Crippen LogP contribution in [-0.4, -0.2) is 32.8 Å². The number of ether oxygens (including phenoxy) is 2. The Hall–Kier alpha value is -5.19. The van der Waals surface area contributed by atoms with E-state index in [4.69, 9.17) is 9.47 Å². The first-order valence-corrected chi connectivity index (χ1v) is 11.7. The summed E-state index contributed by atoms with van der Waals surface area (Å²) in [6.07, 6.45) is 3.00. The Morgan fingerprint density at radius 3 is 2.46 bits per heavy atom. The standard InChI is InChI=1S/C28H21F2N5O4/c1-15-16(2)34-35(19-7-4-17(29)5-8-19)28(37)25(15)27(36)33-18-6-9-23(21(30)12-18)39-24-10-11-31-22-13-20(38-3)14-32-26(22)24/h4-14H,1-3H3,(H,33,36). The molecule has 0 saturated carbocycles. The molecule has 0 bridgehead atoms. The number of hydrogen-bond donors (Lipinski definition) is 1. The molecule has 0 fully saturated rings. The van der Waals surface area contributed by atoms with Crippen molar-refractivity contribution in [1.82, 2.24) is 19.7 Å². The zero-order chi connectivity index (χ0) is 27.7. The Balaban J connectivity index is 1.41. The molecule has 1 N–H and O–H groups in total. The summed E-state index contributed by atoms with van der Waals surface area (Å²) in [7, 11) is 1.51. The van der Waals surface area contributed by atoms with Gasteiger partial charge in [0.1, 0.15) is 22.6 Å². The van der Waals surface area contributed by atoms with Crippen molar-refractivity contribution in [1.29, 1.82) is 0 Å². The average Bonchev–Trinajstić information content (AvgIpc) is 2.92. The van der Waals surface area contributed by atoms with E-state index in [0.29, 0.717) is 33.7 Å². The molecule has 0 radical (unpaired) electrons. The summed E-state index contributed by atoms with van der Waals surface area (Å²) in [6, 6.07) is 12.2. The highest BCUT2D eigenvalue weighted by molar-refractivity contribution is 6.05. The van der Waals surface area contributed by atoms with Gasteiger partial charge in [0.25, 0.3) is 11.5 Å². The van der Waals surface area contributed by atoms with E-state index in [9.17, 15) is 14.0 Å². The van der Waals surface area contributed by atoms with Gasteiger partial charge in [-0.3, -0.25) is 14.6 Å². The smallest absolute Gasteiger partial charge is 0.284 e. The van der Waals surface area contributed by atoms with Crippen molar-refractivity contribution < 1.29 is 23.0 Å². The van der Waals surface area contributed by atoms with Crippen molar-refractivity contribution in [3.63, 3.8) is 0 Å². The van der Waals surface area contributed by atoms with Gasteiger partial charge in [0, 0.05) is 30.1 Å². The normalized spacial score (nSPS) is 10.9. The number of aryl methyl sites for hydroxylation is 1. The average molecular weight is 530 g/mol. The van der Waals surface area contributed by atoms with Gasteiger partial charge < -0.3 is 14.8 Å². The molecule has 0 aliphatic carbocycles. The van der Waals surface area contributed by atoms with Gasteiger partial charge in [-0.05, 0) is 55.8 Å². The molecule has 39 heavy (non-hydrogen) atoms. The third kappa shape index (κ3) is 5.01. The van der Waals surface area contributed by atoms with E-state index in [1.54, 1.807) is 26.0 Å². The van der Waals surface area contributed by atoms with Crippen molar-refractivity contribution in [2.75, 3.05) is 12.4 Å². The van der Waals surface area contributed by atoms with Crippen LogP contribution in [-0.2, 0) is 0 Å². The number of hydrogen-bond acceptors (Lipinski definition) is 7. The van der Waals surface area contributed by atoms with Crippen molar-refractivity contribution in [2.45, 2.75) is 13.8 Å². The Bertz CT molecular complexity index is 1790. The number of anilines is 1. The molecule has 0 aliphatic heterocycles. The number of nitrogens with zero attached hydrogens (tertiary/aromatic N) is 4. The topological polar surface area (TPSA) is 108 Å². The summed E-state index contributed by atoms with van der Waals surface area (Å²) < 4.78 is 40.3. The van der Waals surface area contributed by atoms with Crippen LogP contribution >= 0.6 is 0 Å². The third-order valence-corrected chi connectivity index (χ3v) is 6.03. The molecule has 11 heteroatoms. The van der Waals surface area contributed by atoms with Crippen LogP contribution in [0.25, 0.3) is 16.7 Å². The summed E-state index contributed by atoms with van der Waals surface area (Å²) in [5, 5.41) is 6.78. The van der Waals surface area contributed by atoms with Gasteiger partial charge in [-0.2, -0.15) is 9.78 Å². The van der Waals surface area contributed by atoms with Crippen molar-refractivity contribution in [2.24, 2.45) is 0 Å². The first-order chi connectivity index (χ1) is 18.7. The molecule has 0 aliphatic rings. The van der Waals surface area contributed by atoms with E-state index in [-0.39, 0.29) is 22.7 Å². The van der Waals surface area contributed by atoms with Gasteiger partial charge in [-0.25, -0.2) is 13.8 Å². The highest BCUT2D eigenvalue weighted by atomic mass is 19.1. The van der Waals surface area contributed by atoms with Gasteiger partial charge in [0.05, 0.1) is 30.2 Å². The minimum absolute atomic E-state index is 0.104. The van der Waals surface area contributed by atoms with E-state index in [1.807, 2.05) is 0 Å². The fourth-order valence-corrected chi connectivity index (χ4v) is 3.90. The minimum Gasteiger partial charge on any atom is -0.495 e. The summed E-state index contributed by atoms with van der Waals surface area (Å²) in [4.78, 5) is 34.8. The summed E-state index contributed by atoms with van der Waals surface area (Å²) >= 11 is 0. The van der Waals surface area contributed by atoms with Crippen molar-refractivity contribution in [3.8, 4) is 22.9 Å². The molecular weight excluding hydrogens is 508 g/mol. The number of carbonyl (C=O) groups excluding carboxylic acids is 1. The van der Waals surface area contributed by atoms with Crippen LogP contribution < -0.4 is 20.3 Å². The first-order valence-electron chi connectivity index (χ1n) is 11.7. The lowest BCUT2D eigenvalue weighted by Crippen LogP contribution is -2.32. The molecule has 0 saturated heterocycles. The monoisotopic (exact) mass is 529 g/mol. The van der Waals surface area contributed by atoms with Crippen molar-refractivity contribution in [3.05, 3.63) is 106 Å². The number of rotatable bonds is 6. The van der Waals surface area contributed by atoms with Crippen LogP contribution in [0.15, 0.2) is 71.8 Å². The van der Waals surface area contributed by atoms with E-state index < -0.39 is 23.1 Å². The van der Waals surface area contributed by atoms with Gasteiger partial charge in [0.15, 0.2) is 17.3 Å². The second-order valence-corrected chi connectivity index (χ2v) is 8.53. The maximum absolute atomic E-state index is 15.0. The first kappa shape index (κ1) is 25.5. The van der Waals surface area contributed by atoms with Crippen LogP contribution in [0.2, 0.25) is 0 Å². The fraction of sp³-hybridized carbons (Fsp3) is 0.107. The number of carbonyl (C=O) groups is 1. The van der Waals surface area contributed by atoms with Crippen LogP contribution in [0.5, 0.6) is 17.2 Å². The molecule has 5 rings (SSSR count). The number of methoxy groups -OCH3 is 1. The lowest BCUT2D eigenvalue weighted by molar-refractivity contribution is 0.102. The molecule has 5 aromatic rings. The number of amides is 1. The molecule has 0 unspecified atom stereocenters. The number of aromatic nitrogens is 4. The highest BCUT2D eigenvalue weighted by Gasteiger charge is 2.21. The van der Waals surface area contributed by atoms with Crippen LogP contribution in [0.3, 0.4) is 0 Å². The van der Waals surface area contributed by atoms with Gasteiger partial charge in [-0.1, -0.05) is 0 Å². The largest absolute Gasteiger partial charge is 0.495 e. The molecule has 3 heterocycles. The maximum atomic E-state index is 15.0. The van der Waals surface area contributed by atoms with Gasteiger partial charge in [-0.15, -0.1) is 0 Å². The molecule has 2 aromatic carbocycles. The number of nitrogens with one attached hydrogen (secondary N) is 1. The van der Waals surface area contributed by atoms with Crippen molar-refractivity contribution >= 4 is 22.6 Å². The van der Waals surface area contributed by atoms with E-state index in [1.165, 1.54) is 55.9 Å². The molecule has 0 atom stereocenters. The summed E-state index contributed by atoms with van der Waals surface area (Å²) in [5.41, 5.74) is 1.24. The maximum Gasteiger partial charge on any atom is 0.284 e. The van der Waals surface area contributed by atoms with E-state index >= 15 is 4.39 Å². The molecular formula is C28H21F2N5O4. The third-order valence-electron chi connectivity index (χ3n) is 6.03. The molecule has 196 valence electrons.